The largest absolute Gasteiger partial charge is 0.507 e. The minimum Gasteiger partial charge on any atom is -0.507 e. The van der Waals surface area contributed by atoms with Crippen LogP contribution in [0.2, 0.25) is 0 Å². The number of aromatic hydroxyl groups is 1. The number of rotatable bonds is 12. The van der Waals surface area contributed by atoms with E-state index in [1.165, 1.54) is 19.3 Å². The first-order valence-electron chi connectivity index (χ1n) is 10.4. The minimum atomic E-state index is -1.04. The first-order valence-corrected chi connectivity index (χ1v) is 10.4. The molecule has 0 spiro atoms. The molecule has 1 unspecified atom stereocenters. The quantitative estimate of drug-likeness (QED) is 0.393. The van der Waals surface area contributed by atoms with Crippen molar-refractivity contribution in [2.24, 2.45) is 0 Å². The predicted octanol–water partition coefficient (Wildman–Crippen LogP) is 7.02. The predicted molar refractivity (Wildman–Crippen MR) is 109 cm³/mol. The van der Waals surface area contributed by atoms with Gasteiger partial charge in [0.25, 0.3) is 0 Å². The van der Waals surface area contributed by atoms with Gasteiger partial charge in [0.05, 0.1) is 0 Å². The third-order valence-electron chi connectivity index (χ3n) is 5.65. The molecule has 2 N–H and O–H groups in total. The molecular formula is C23H38O3. The normalized spacial score (nSPS) is 13.0. The summed E-state index contributed by atoms with van der Waals surface area (Å²) in [6, 6.07) is 3.76. The van der Waals surface area contributed by atoms with Crippen LogP contribution < -0.4 is 0 Å². The Hall–Kier alpha value is -1.51. The second kappa shape index (κ2) is 10.6. The molecule has 3 heteroatoms. The van der Waals surface area contributed by atoms with Gasteiger partial charge in [-0.15, -0.1) is 0 Å². The fraction of sp³-hybridized carbons (Fsp3) is 0.696. The van der Waals surface area contributed by atoms with Crippen LogP contribution >= 0.6 is 0 Å². The molecule has 0 heterocycles. The zero-order valence-electron chi connectivity index (χ0n) is 17.4. The highest BCUT2D eigenvalue weighted by Crippen LogP contribution is 2.40. The van der Waals surface area contributed by atoms with Crippen LogP contribution in [-0.2, 0) is 5.41 Å². The smallest absolute Gasteiger partial charge is 0.339 e. The fourth-order valence-electron chi connectivity index (χ4n) is 3.70. The molecule has 0 fully saturated rings. The maximum absolute atomic E-state index is 11.7. The van der Waals surface area contributed by atoms with Crippen molar-refractivity contribution in [1.82, 2.24) is 0 Å². The molecule has 0 aliphatic heterocycles. The Morgan fingerprint density at radius 1 is 1.04 bits per heavy atom. The summed E-state index contributed by atoms with van der Waals surface area (Å²) in [5.74, 6) is -0.863. The van der Waals surface area contributed by atoms with Crippen molar-refractivity contribution in [2.75, 3.05) is 0 Å². The van der Waals surface area contributed by atoms with Gasteiger partial charge in [0.1, 0.15) is 11.3 Å². The van der Waals surface area contributed by atoms with Gasteiger partial charge in [-0.2, -0.15) is 0 Å². The summed E-state index contributed by atoms with van der Waals surface area (Å²) in [5.41, 5.74) is 1.81. The molecule has 0 saturated carbocycles. The number of hydrogen-bond acceptors (Lipinski definition) is 2. The van der Waals surface area contributed by atoms with Crippen LogP contribution in [-0.4, -0.2) is 16.2 Å². The van der Waals surface area contributed by atoms with Gasteiger partial charge in [-0.05, 0) is 47.8 Å². The average molecular weight is 363 g/mol. The summed E-state index contributed by atoms with van der Waals surface area (Å²) in [6.45, 7) is 10.9. The van der Waals surface area contributed by atoms with Crippen molar-refractivity contribution in [1.29, 1.82) is 0 Å². The summed E-state index contributed by atoms with van der Waals surface area (Å²) in [5, 5.41) is 20.2. The molecule has 0 aliphatic rings. The Kier molecular flexibility index (Phi) is 9.18. The maximum Gasteiger partial charge on any atom is 0.339 e. The van der Waals surface area contributed by atoms with Crippen LogP contribution in [0.1, 0.15) is 120 Å². The third-order valence-corrected chi connectivity index (χ3v) is 5.65. The standard InChI is InChI=1S/C23H38O3/c1-6-9-11-13-17(8-3)19-15-18(16-20(21(19)24)22(25)26)23(4,5)14-12-10-7-2/h15-17,24H,6-14H2,1-5H3,(H,25,26). The topological polar surface area (TPSA) is 57.5 Å². The van der Waals surface area contributed by atoms with Crippen LogP contribution in [0.4, 0.5) is 0 Å². The number of aromatic carboxylic acids is 1. The summed E-state index contributed by atoms with van der Waals surface area (Å²) in [7, 11) is 0. The van der Waals surface area contributed by atoms with Crippen molar-refractivity contribution in [3.05, 3.63) is 28.8 Å². The molecule has 26 heavy (non-hydrogen) atoms. The molecule has 1 aromatic carbocycles. The van der Waals surface area contributed by atoms with Crippen molar-refractivity contribution in [3.63, 3.8) is 0 Å². The van der Waals surface area contributed by atoms with E-state index in [2.05, 4.69) is 40.7 Å². The lowest BCUT2D eigenvalue weighted by Gasteiger charge is -2.28. The molecule has 0 bridgehead atoms. The summed E-state index contributed by atoms with van der Waals surface area (Å²) in [4.78, 5) is 11.7. The number of phenols is 1. The number of carboxylic acids is 1. The van der Waals surface area contributed by atoms with Crippen LogP contribution in [0, 0.1) is 0 Å². The number of benzene rings is 1. The van der Waals surface area contributed by atoms with Crippen LogP contribution in [0.5, 0.6) is 5.75 Å². The van der Waals surface area contributed by atoms with E-state index in [-0.39, 0.29) is 22.6 Å². The Morgan fingerprint density at radius 3 is 2.19 bits per heavy atom. The molecule has 3 nitrogen and oxygen atoms in total. The van der Waals surface area contributed by atoms with Gasteiger partial charge < -0.3 is 10.2 Å². The highest BCUT2D eigenvalue weighted by atomic mass is 16.4. The van der Waals surface area contributed by atoms with Crippen molar-refractivity contribution < 1.29 is 15.0 Å². The fourth-order valence-corrected chi connectivity index (χ4v) is 3.70. The van der Waals surface area contributed by atoms with Crippen LogP contribution in [0.25, 0.3) is 0 Å². The van der Waals surface area contributed by atoms with E-state index < -0.39 is 5.97 Å². The Bertz CT molecular complexity index is 575. The van der Waals surface area contributed by atoms with E-state index in [1.54, 1.807) is 6.07 Å². The van der Waals surface area contributed by atoms with E-state index in [1.807, 2.05) is 0 Å². The van der Waals surface area contributed by atoms with Crippen LogP contribution in [0.3, 0.4) is 0 Å². The Morgan fingerprint density at radius 2 is 1.65 bits per heavy atom. The zero-order valence-corrected chi connectivity index (χ0v) is 17.4. The second-order valence-electron chi connectivity index (χ2n) is 8.21. The van der Waals surface area contributed by atoms with Gasteiger partial charge >= 0.3 is 5.97 Å². The summed E-state index contributed by atoms with van der Waals surface area (Å²) >= 11 is 0. The van der Waals surface area contributed by atoms with Gasteiger partial charge in [0.2, 0.25) is 0 Å². The highest BCUT2D eigenvalue weighted by molar-refractivity contribution is 5.91. The number of hydrogen-bond donors (Lipinski definition) is 2. The first kappa shape index (κ1) is 22.5. The molecule has 0 saturated heterocycles. The SMILES string of the molecule is CCCCCC(CC)c1cc(C(C)(C)CCCCC)cc(C(=O)O)c1O. The summed E-state index contributed by atoms with van der Waals surface area (Å²) in [6.07, 6.45) is 9.88. The monoisotopic (exact) mass is 362 g/mol. The van der Waals surface area contributed by atoms with Gasteiger partial charge in [-0.25, -0.2) is 4.79 Å². The second-order valence-corrected chi connectivity index (χ2v) is 8.21. The molecule has 148 valence electrons. The Balaban J connectivity index is 3.27. The molecule has 0 aliphatic carbocycles. The van der Waals surface area contributed by atoms with Gasteiger partial charge in [0, 0.05) is 0 Å². The van der Waals surface area contributed by atoms with Crippen LogP contribution in [0.15, 0.2) is 12.1 Å². The maximum atomic E-state index is 11.7. The minimum absolute atomic E-state index is 0.0334. The lowest BCUT2D eigenvalue weighted by atomic mass is 9.77. The molecule has 0 aromatic heterocycles. The van der Waals surface area contributed by atoms with Gasteiger partial charge in [-0.1, -0.05) is 79.2 Å². The molecule has 1 atom stereocenters. The van der Waals surface area contributed by atoms with E-state index in [0.29, 0.717) is 0 Å². The summed E-state index contributed by atoms with van der Waals surface area (Å²) < 4.78 is 0. The first-order chi connectivity index (χ1) is 12.3. The molecule has 1 aromatic rings. The van der Waals surface area contributed by atoms with Gasteiger partial charge in [0.15, 0.2) is 0 Å². The van der Waals surface area contributed by atoms with E-state index >= 15 is 0 Å². The Labute approximate surface area is 159 Å². The number of carbonyl (C=O) groups is 1. The average Bonchev–Trinajstić information content (AvgIpc) is 2.59. The lowest BCUT2D eigenvalue weighted by Crippen LogP contribution is -2.19. The third kappa shape index (κ3) is 6.03. The lowest BCUT2D eigenvalue weighted by molar-refractivity contribution is 0.0693. The van der Waals surface area contributed by atoms with Gasteiger partial charge in [-0.3, -0.25) is 0 Å². The van der Waals surface area contributed by atoms with E-state index in [9.17, 15) is 15.0 Å². The van der Waals surface area contributed by atoms with Crippen molar-refractivity contribution >= 4 is 5.97 Å². The van der Waals surface area contributed by atoms with E-state index in [4.69, 9.17) is 0 Å². The number of carboxylic acid groups (broad SMARTS) is 1. The highest BCUT2D eigenvalue weighted by Gasteiger charge is 2.27. The molecule has 0 radical (unpaired) electrons. The van der Waals surface area contributed by atoms with E-state index in [0.717, 1.165) is 49.7 Å². The number of unbranched alkanes of at least 4 members (excludes halogenated alkanes) is 4. The van der Waals surface area contributed by atoms with Crippen molar-refractivity contribution in [2.45, 2.75) is 104 Å². The molecular weight excluding hydrogens is 324 g/mol. The zero-order chi connectivity index (χ0) is 19.7. The van der Waals surface area contributed by atoms with Crippen molar-refractivity contribution in [3.8, 4) is 5.75 Å². The molecule has 1 rings (SSSR count). The molecule has 0 amide bonds.